The normalized spacial score (nSPS) is 9.26. The number of allylic oxidation sites excluding steroid dienone is 5. The van der Waals surface area contributed by atoms with Crippen molar-refractivity contribution in [1.29, 1.82) is 52.6 Å². The fourth-order valence-electron chi connectivity index (χ4n) is 13.2. The maximum Gasteiger partial charge on any atom is 2.00 e. The van der Waals surface area contributed by atoms with Gasteiger partial charge in [-0.1, -0.05) is 194 Å². The zero-order chi connectivity index (χ0) is 99.7. The van der Waals surface area contributed by atoms with Crippen LogP contribution in [0.25, 0.3) is 143 Å². The van der Waals surface area contributed by atoms with Crippen molar-refractivity contribution in [3.63, 3.8) is 0 Å². The van der Waals surface area contributed by atoms with Crippen molar-refractivity contribution in [3.05, 3.63) is 387 Å². The van der Waals surface area contributed by atoms with Crippen LogP contribution < -0.4 is 0 Å². The van der Waals surface area contributed by atoms with E-state index in [9.17, 15) is 0 Å². The van der Waals surface area contributed by atoms with Gasteiger partial charge in [-0.2, -0.15) is 52.6 Å². The first-order valence-corrected chi connectivity index (χ1v) is 44.9. The molecule has 0 bridgehead atoms. The first kappa shape index (κ1) is 122. The van der Waals surface area contributed by atoms with Crippen molar-refractivity contribution in [2.75, 3.05) is 0 Å². The average molecular weight is 2940 g/mol. The minimum absolute atomic E-state index is 0. The van der Waals surface area contributed by atoms with E-state index in [-0.39, 0.29) is 154 Å². The summed E-state index contributed by atoms with van der Waals surface area (Å²) >= 11 is 43.5. The molecule has 0 amide bonds. The van der Waals surface area contributed by atoms with Gasteiger partial charge in [0.2, 0.25) is 0 Å². The van der Waals surface area contributed by atoms with Crippen LogP contribution >= 0.6 is 0 Å². The molecule has 0 aliphatic carbocycles. The van der Waals surface area contributed by atoms with Crippen LogP contribution in [0.15, 0.2) is 353 Å². The molecule has 0 atom stereocenters. The molecule has 0 aliphatic heterocycles. The van der Waals surface area contributed by atoms with E-state index >= 15 is 0 Å². The topological polar surface area (TPSA) is 367 Å². The van der Waals surface area contributed by atoms with Crippen LogP contribution in [0.3, 0.4) is 0 Å². The van der Waals surface area contributed by atoms with Gasteiger partial charge in [0.1, 0.15) is 60.7 Å². The first-order chi connectivity index (χ1) is 66.7. The minimum atomic E-state index is -0.157. The van der Waals surface area contributed by atoms with Gasteiger partial charge in [0.25, 0.3) is 0 Å². The summed E-state index contributed by atoms with van der Waals surface area (Å²) in [4.78, 5) is 45.4. The Morgan fingerprint density at radius 2 is 0.455 bits per heavy atom. The molecule has 35 heteroatoms. The summed E-state index contributed by atoms with van der Waals surface area (Å²) in [6.45, 7) is 12.6. The van der Waals surface area contributed by atoms with E-state index in [0.29, 0.717) is 0 Å². The number of hydrogen-bond donors (Lipinski definition) is 0. The Balaban J connectivity index is 0.000000344. The molecular formula is C108H68N20Pt5S10. The van der Waals surface area contributed by atoms with Crippen molar-refractivity contribution in [2.45, 2.75) is 41.5 Å². The number of nitrogens with zero attached hydrogens (tertiary/aromatic N) is 20. The second-order valence-corrected chi connectivity index (χ2v) is 34.0. The Morgan fingerprint density at radius 3 is 0.706 bits per heavy atom. The van der Waals surface area contributed by atoms with Gasteiger partial charge in [0.15, 0.2) is 0 Å². The maximum atomic E-state index is 8.03. The van der Waals surface area contributed by atoms with Crippen LogP contribution in [0, 0.1) is 155 Å². The van der Waals surface area contributed by atoms with Gasteiger partial charge in [0.05, 0.1) is 83.4 Å². The summed E-state index contributed by atoms with van der Waals surface area (Å²) in [7, 11) is 0. The van der Waals surface area contributed by atoms with Gasteiger partial charge in [0, 0.05) is 104 Å². The second-order valence-electron chi connectivity index (χ2n) is 28.6. The fourth-order valence-corrected chi connectivity index (χ4v) is 14.1. The Hall–Kier alpha value is -13.4. The van der Waals surface area contributed by atoms with Crippen LogP contribution in [0.2, 0.25) is 0 Å². The van der Waals surface area contributed by atoms with E-state index in [1.54, 1.807) is 85.5 Å². The fraction of sp³-hybridized carbons (Fsp3) is 0.0556. The van der Waals surface area contributed by atoms with Crippen LogP contribution in [-0.2, 0) is 232 Å². The summed E-state index contributed by atoms with van der Waals surface area (Å²) in [5.41, 5.74) is 25.5. The molecule has 0 saturated carbocycles. The number of pyridine rings is 10. The Morgan fingerprint density at radius 1 is 0.217 bits per heavy atom. The van der Waals surface area contributed by atoms with Crippen molar-refractivity contribution in [2.24, 2.45) is 0 Å². The Kier molecular flexibility index (Phi) is 53.5. The summed E-state index contributed by atoms with van der Waals surface area (Å²) in [5.74, 6) is 0. The van der Waals surface area contributed by atoms with Crippen LogP contribution in [-0.4, -0.2) is 49.8 Å². The molecule has 0 saturated heterocycles. The Labute approximate surface area is 955 Å². The number of nitriles is 10. The summed E-state index contributed by atoms with van der Waals surface area (Å²) in [5, 5.41) is 89.6. The van der Waals surface area contributed by atoms with Crippen molar-refractivity contribution >= 4 is 214 Å². The molecular weight excluding hydrogens is 2870 g/mol. The molecule has 0 aliphatic rings. The SMILES string of the molecule is Cc1cc(-c2ccccc2)c2ccc3c(-c4ccccc4)cc(C)nc3c2n1.Cc1cnc2c(ccc3c(C)c(C)cnc32)c1C.N#CC(C#N)=C([S-])[S-].N#CC(C#N)=C([S-])[S-].N#CC(C#N)=C([S-])[S-].N#CC(C#N)=C([S-])[S-].N#CC(C#N)=C([S-])[S-].[Pt+2].[Pt+2].[Pt+2].[Pt+2].[Pt+2].c1ccc(-c2ccccn2)nc1.c1ccc(-c2ccnc3c2ccc2c(-c4ccccc4)ccnc23)cc1.c1cnc2c(c1)ccc1cccnc12. The third-order valence-corrected chi connectivity index (χ3v) is 22.0. The monoisotopic (exact) mass is 2940 g/mol. The van der Waals surface area contributed by atoms with E-state index < -0.39 is 0 Å². The molecule has 20 nitrogen and oxygen atoms in total. The largest absolute Gasteiger partial charge is 2.00 e. The van der Waals surface area contributed by atoms with E-state index in [2.05, 4.69) is 390 Å². The summed E-state index contributed by atoms with van der Waals surface area (Å²) < 4.78 is -0.301. The van der Waals surface area contributed by atoms with Crippen LogP contribution in [0.5, 0.6) is 0 Å². The molecule has 0 N–H and O–H groups in total. The molecule has 8 aromatic carbocycles. The van der Waals surface area contributed by atoms with E-state index in [4.69, 9.17) is 62.6 Å². The number of rotatable bonds is 5. The molecule has 18 rings (SSSR count). The predicted molar refractivity (Wildman–Crippen MR) is 571 cm³/mol. The third-order valence-electron chi connectivity index (χ3n) is 20.0. The summed E-state index contributed by atoms with van der Waals surface area (Å²) in [6, 6.07) is 103. The first-order valence-electron chi connectivity index (χ1n) is 40.8. The predicted octanol–water partition coefficient (Wildman–Crippen LogP) is 23.5. The van der Waals surface area contributed by atoms with Crippen molar-refractivity contribution in [1.82, 2.24) is 49.8 Å². The number of benzene rings is 8. The van der Waals surface area contributed by atoms with Crippen molar-refractivity contribution in [3.8, 4) is 117 Å². The standard InChI is InChI=1S/C26H20N2.C24H16N2.C16H16N2.C12H8N2.C10H8N2.5C4H2N2S2.5Pt/c1-17-15-23(19-9-5-3-6-10-19)21-13-14-22-24(20-11-7-4-8-12-20)16-18(2)28-26(22)25(21)27-17;1-3-7-17(8-4-1)19-13-15-25-23-21(19)11-12-22-20(14-16-26-24(22)23)18-9-5-2-6-10-18;1-9-7-17-15-13(11(9)3)5-6-14-12(4)10(2)8-18-16(14)15;1-3-9-5-6-10-4-2-8-14-12(10)11(9)13-7-1;1-3-7-11-9(5-1)10-6-2-4-8-12-10;5*5-1-3(2-6)4(7)8;;;;;/h3-16H,1-2H3;1-16H;5-8H,1-4H3;1-8H;1-8H;5*7-8H;;;;;/q;;;;;;;;;;5*+2/p-10. The van der Waals surface area contributed by atoms with Gasteiger partial charge in [-0.25, -0.2) is 0 Å². The van der Waals surface area contributed by atoms with Gasteiger partial charge < -0.3 is 147 Å². The van der Waals surface area contributed by atoms with Crippen molar-refractivity contribution < 1.29 is 105 Å². The van der Waals surface area contributed by atoms with E-state index in [1.807, 2.05) is 97.6 Å². The second kappa shape index (κ2) is 62.8. The number of aromatic nitrogens is 10. The van der Waals surface area contributed by atoms with Gasteiger partial charge in [-0.3, -0.25) is 49.8 Å². The molecule has 0 radical (unpaired) electrons. The zero-order valence-electron chi connectivity index (χ0n) is 75.5. The molecule has 10 aromatic heterocycles. The van der Waals surface area contributed by atoms with E-state index in [0.717, 1.165) is 99.2 Å². The molecule has 143 heavy (non-hydrogen) atoms. The molecule has 0 fully saturated rings. The third kappa shape index (κ3) is 33.9. The number of hydrogen-bond acceptors (Lipinski definition) is 30. The summed E-state index contributed by atoms with van der Waals surface area (Å²) in [6.07, 6.45) is 14.8. The number of fused-ring (bicyclic) bond motifs is 12. The van der Waals surface area contributed by atoms with E-state index in [1.165, 1.54) is 77.5 Å². The molecule has 18 aromatic rings. The quantitative estimate of drug-likeness (QED) is 0.0877. The average Bonchev–Trinajstić information content (AvgIpc) is 0.782. The van der Waals surface area contributed by atoms with Crippen LogP contribution in [0.1, 0.15) is 33.6 Å². The smallest absolute Gasteiger partial charge is 0.805 e. The van der Waals surface area contributed by atoms with Crippen LogP contribution in [0.4, 0.5) is 0 Å². The molecule has 0 spiro atoms. The number of aryl methyl sites for hydroxylation is 6. The van der Waals surface area contributed by atoms with Gasteiger partial charge >= 0.3 is 105 Å². The molecule has 10 heterocycles. The molecule has 0 unspecified atom stereocenters. The maximum absolute atomic E-state index is 8.03. The molecule has 710 valence electrons. The minimum Gasteiger partial charge on any atom is -0.805 e. The Bertz CT molecular complexity index is 7450. The van der Waals surface area contributed by atoms with Gasteiger partial charge in [-0.05, 0) is 169 Å². The zero-order valence-corrected chi connectivity index (χ0v) is 95.0. The van der Waals surface area contributed by atoms with Gasteiger partial charge in [-0.15, -0.1) is 0 Å².